The SMILES string of the molecule is CCCCC(C)Cn1/c(=C/C=C2CC/C(=C/C=c3\c4cccc5cccc(c54)n3CC(C)CC)C2=C2C(=O)N(C)C(=O)N(C)C2=O)c2cccc3cccc1c32. The number of aromatic nitrogens is 2. The largest absolute Gasteiger partial charge is 0.340 e. The predicted octanol–water partition coefficient (Wildman–Crippen LogP) is 9.47. The number of unbranched alkanes of at least 4 members (excludes halogenated alkanes) is 1. The fourth-order valence-corrected chi connectivity index (χ4v) is 9.00. The van der Waals surface area contributed by atoms with Gasteiger partial charge < -0.3 is 9.13 Å². The van der Waals surface area contributed by atoms with Crippen molar-refractivity contribution in [3.63, 3.8) is 0 Å². The molecule has 0 bridgehead atoms. The lowest BCUT2D eigenvalue weighted by Gasteiger charge is -2.30. The maximum Gasteiger partial charge on any atom is 0.333 e. The maximum atomic E-state index is 14.0. The number of carbonyl (C=O) groups is 3. The van der Waals surface area contributed by atoms with Gasteiger partial charge in [0.1, 0.15) is 5.57 Å². The molecular formula is C49H52N4O3. The fraction of sp³-hybridized carbons (Fsp3) is 0.327. The van der Waals surface area contributed by atoms with Crippen LogP contribution in [0.3, 0.4) is 0 Å². The number of barbiturate groups is 1. The summed E-state index contributed by atoms with van der Waals surface area (Å²) in [6, 6.07) is 25.4. The maximum absolute atomic E-state index is 14.0. The Morgan fingerprint density at radius 2 is 1.07 bits per heavy atom. The molecule has 8 rings (SSSR count). The Hall–Kier alpha value is -5.69. The van der Waals surface area contributed by atoms with Crippen molar-refractivity contribution in [3.8, 4) is 0 Å². The van der Waals surface area contributed by atoms with E-state index in [-0.39, 0.29) is 5.57 Å². The van der Waals surface area contributed by atoms with Gasteiger partial charge in [0.15, 0.2) is 0 Å². The molecule has 4 aromatic carbocycles. The first-order chi connectivity index (χ1) is 27.1. The molecule has 1 aliphatic heterocycles. The highest BCUT2D eigenvalue weighted by atomic mass is 16.2. The van der Waals surface area contributed by atoms with E-state index in [0.717, 1.165) is 57.6 Å². The minimum atomic E-state index is -0.621. The second-order valence-electron chi connectivity index (χ2n) is 16.1. The van der Waals surface area contributed by atoms with Gasteiger partial charge in [0, 0.05) is 70.5 Å². The molecule has 2 fully saturated rings. The van der Waals surface area contributed by atoms with Crippen molar-refractivity contribution in [1.29, 1.82) is 0 Å². The molecule has 0 spiro atoms. The monoisotopic (exact) mass is 744 g/mol. The Kier molecular flexibility index (Phi) is 10.0. The quantitative estimate of drug-likeness (QED) is 0.104. The van der Waals surface area contributed by atoms with E-state index in [2.05, 4.69) is 134 Å². The highest BCUT2D eigenvalue weighted by Gasteiger charge is 2.42. The molecule has 2 aromatic heterocycles. The number of rotatable bonds is 10. The van der Waals surface area contributed by atoms with E-state index in [1.807, 2.05) is 0 Å². The average Bonchev–Trinajstić information content (AvgIpc) is 3.85. The lowest BCUT2D eigenvalue weighted by molar-refractivity contribution is -0.134. The van der Waals surface area contributed by atoms with E-state index in [9.17, 15) is 14.4 Å². The molecule has 4 amide bonds. The smallest absolute Gasteiger partial charge is 0.333 e. The van der Waals surface area contributed by atoms with E-state index in [4.69, 9.17) is 0 Å². The van der Waals surface area contributed by atoms with Crippen molar-refractivity contribution in [2.75, 3.05) is 14.1 Å². The standard InChI is InChI=1S/C49H52N4O3/c1-7-9-14-32(4)30-53-40(38-20-11-16-34-18-13-22-42(53)45(34)38)28-26-36-24-23-35(43(36)46-47(54)50(5)49(56)51(6)48(46)55)25-27-39-37-19-10-15-33-17-12-21-41(44(33)37)52(39)29-31(3)8-2/h10-13,15-22,25-28,31-32H,7-9,14,23-24,29-30H2,1-6H3/b35-25-,36-26?,39-27+,40-28+. The number of hydrogen-bond acceptors (Lipinski definition) is 3. The van der Waals surface area contributed by atoms with Gasteiger partial charge in [-0.15, -0.1) is 0 Å². The molecule has 1 saturated heterocycles. The van der Waals surface area contributed by atoms with Crippen molar-refractivity contribution in [3.05, 3.63) is 118 Å². The molecule has 7 nitrogen and oxygen atoms in total. The van der Waals surface area contributed by atoms with Gasteiger partial charge in [-0.3, -0.25) is 19.4 Å². The Bertz CT molecular complexity index is 2720. The molecular weight excluding hydrogens is 693 g/mol. The van der Waals surface area contributed by atoms with Gasteiger partial charge in [0.2, 0.25) is 0 Å². The lowest BCUT2D eigenvalue weighted by atomic mass is 9.95. The van der Waals surface area contributed by atoms with Crippen molar-refractivity contribution < 1.29 is 14.4 Å². The van der Waals surface area contributed by atoms with E-state index in [0.29, 0.717) is 30.3 Å². The molecule has 2 aliphatic rings. The van der Waals surface area contributed by atoms with Gasteiger partial charge in [-0.1, -0.05) is 120 Å². The van der Waals surface area contributed by atoms with Crippen LogP contribution >= 0.6 is 0 Å². The minimum absolute atomic E-state index is 0.0523. The molecule has 1 saturated carbocycles. The van der Waals surface area contributed by atoms with Crippen LogP contribution in [0.15, 0.2) is 107 Å². The summed E-state index contributed by atoms with van der Waals surface area (Å²) in [5.74, 6) is -0.151. The Morgan fingerprint density at radius 3 is 1.54 bits per heavy atom. The van der Waals surface area contributed by atoms with Crippen LogP contribution in [0.2, 0.25) is 0 Å². The zero-order valence-corrected chi connectivity index (χ0v) is 33.6. The molecule has 1 aliphatic carbocycles. The van der Waals surface area contributed by atoms with Crippen molar-refractivity contribution in [2.45, 2.75) is 79.3 Å². The number of urea groups is 1. The number of likely N-dealkylation sites (N-methyl/N-ethyl adjacent to an activating group) is 2. The summed E-state index contributed by atoms with van der Waals surface area (Å²) in [4.78, 5) is 43.1. The van der Waals surface area contributed by atoms with Crippen LogP contribution in [0.1, 0.15) is 66.2 Å². The summed E-state index contributed by atoms with van der Waals surface area (Å²) in [7, 11) is 2.91. The Balaban J connectivity index is 1.35. The van der Waals surface area contributed by atoms with E-state index in [1.165, 1.54) is 70.3 Å². The van der Waals surface area contributed by atoms with E-state index < -0.39 is 17.8 Å². The van der Waals surface area contributed by atoms with Crippen LogP contribution < -0.4 is 10.7 Å². The number of nitrogens with zero attached hydrogens (tertiary/aromatic N) is 4. The molecule has 56 heavy (non-hydrogen) atoms. The van der Waals surface area contributed by atoms with E-state index >= 15 is 0 Å². The average molecular weight is 745 g/mol. The summed E-state index contributed by atoms with van der Waals surface area (Å²) in [6.45, 7) is 10.9. The number of amides is 4. The van der Waals surface area contributed by atoms with Crippen LogP contribution in [-0.2, 0) is 22.7 Å². The van der Waals surface area contributed by atoms with Gasteiger partial charge in [-0.2, -0.15) is 0 Å². The van der Waals surface area contributed by atoms with Gasteiger partial charge >= 0.3 is 6.03 Å². The molecule has 2 atom stereocenters. The topological polar surface area (TPSA) is 67.6 Å². The fourth-order valence-electron chi connectivity index (χ4n) is 9.00. The van der Waals surface area contributed by atoms with Gasteiger partial charge in [0.05, 0.1) is 0 Å². The Morgan fingerprint density at radius 1 is 0.607 bits per heavy atom. The van der Waals surface area contributed by atoms with Crippen LogP contribution in [-0.4, -0.2) is 50.9 Å². The van der Waals surface area contributed by atoms with Gasteiger partial charge in [-0.25, -0.2) is 4.79 Å². The Labute approximate surface area is 328 Å². The number of benzene rings is 4. The zero-order valence-electron chi connectivity index (χ0n) is 33.6. The minimum Gasteiger partial charge on any atom is -0.340 e. The van der Waals surface area contributed by atoms with Crippen LogP contribution in [0, 0.1) is 11.8 Å². The molecule has 6 aromatic rings. The highest BCUT2D eigenvalue weighted by Crippen LogP contribution is 2.40. The third-order valence-corrected chi connectivity index (χ3v) is 12.3. The lowest BCUT2D eigenvalue weighted by Crippen LogP contribution is -2.53. The number of allylic oxidation sites excluding steroid dienone is 5. The summed E-state index contributed by atoms with van der Waals surface area (Å²) in [6.07, 6.45) is 14.5. The normalized spacial score (nSPS) is 18.9. The van der Waals surface area contributed by atoms with Gasteiger partial charge in [0.25, 0.3) is 11.8 Å². The molecule has 0 radical (unpaired) electrons. The third kappa shape index (κ3) is 6.27. The summed E-state index contributed by atoms with van der Waals surface area (Å²) in [5, 5.41) is 9.55. The van der Waals surface area contributed by atoms with Crippen molar-refractivity contribution in [2.24, 2.45) is 11.8 Å². The first kappa shape index (κ1) is 37.2. The molecule has 2 unspecified atom stereocenters. The summed E-state index contributed by atoms with van der Waals surface area (Å²) >= 11 is 0. The highest BCUT2D eigenvalue weighted by molar-refractivity contribution is 6.29. The van der Waals surface area contributed by atoms with Crippen LogP contribution in [0.5, 0.6) is 0 Å². The van der Waals surface area contributed by atoms with E-state index in [1.54, 1.807) is 0 Å². The molecule has 3 heterocycles. The number of imide groups is 2. The summed E-state index contributed by atoms with van der Waals surface area (Å²) < 4.78 is 4.89. The van der Waals surface area contributed by atoms with Crippen molar-refractivity contribution >= 4 is 73.3 Å². The van der Waals surface area contributed by atoms with Crippen LogP contribution in [0.4, 0.5) is 4.79 Å². The molecule has 0 N–H and O–H groups in total. The van der Waals surface area contributed by atoms with Gasteiger partial charge in [-0.05, 0) is 82.9 Å². The molecule has 286 valence electrons. The third-order valence-electron chi connectivity index (χ3n) is 12.3. The molecule has 7 heteroatoms. The zero-order chi connectivity index (χ0) is 39.2. The van der Waals surface area contributed by atoms with Crippen molar-refractivity contribution in [1.82, 2.24) is 18.9 Å². The first-order valence-corrected chi connectivity index (χ1v) is 20.4. The first-order valence-electron chi connectivity index (χ1n) is 20.4. The number of hydrogen-bond donors (Lipinski definition) is 0. The predicted molar refractivity (Wildman–Crippen MR) is 230 cm³/mol. The van der Waals surface area contributed by atoms with Crippen LogP contribution in [0.25, 0.3) is 55.5 Å². The second-order valence-corrected chi connectivity index (χ2v) is 16.1. The summed E-state index contributed by atoms with van der Waals surface area (Å²) in [5.41, 5.74) is 4.96. The number of carbonyl (C=O) groups excluding carboxylic acids is 3. The second kappa shape index (κ2) is 15.1.